The lowest BCUT2D eigenvalue weighted by Gasteiger charge is -2.21. The van der Waals surface area contributed by atoms with E-state index in [0.717, 1.165) is 54.7 Å². The van der Waals surface area contributed by atoms with Crippen LogP contribution in [0.4, 0.5) is 0 Å². The number of benzene rings is 9. The Morgan fingerprint density at radius 1 is 0.303 bits per heavy atom. The van der Waals surface area contributed by atoms with Crippen LogP contribution < -0.4 is 0 Å². The summed E-state index contributed by atoms with van der Waals surface area (Å²) in [5, 5.41) is 9.13. The number of rotatable bonds is 6. The lowest BCUT2D eigenvalue weighted by atomic mass is 9.86. The summed E-state index contributed by atoms with van der Waals surface area (Å²) in [7, 11) is 0. The van der Waals surface area contributed by atoms with Gasteiger partial charge in [0.05, 0.1) is 47.1 Å². The zero-order valence-corrected chi connectivity index (χ0v) is 35.8. The highest BCUT2D eigenvalue weighted by atomic mass is 16.5. The van der Waals surface area contributed by atoms with Gasteiger partial charge in [-0.25, -0.2) is 9.97 Å². The second-order valence-electron chi connectivity index (χ2n) is 17.2. The molecule has 0 amide bonds. The molecule has 0 atom stereocenters. The van der Waals surface area contributed by atoms with Crippen LogP contribution in [0.25, 0.3) is 110 Å². The van der Waals surface area contributed by atoms with E-state index in [1.165, 1.54) is 66.1 Å². The van der Waals surface area contributed by atoms with Crippen molar-refractivity contribution in [3.05, 3.63) is 242 Å². The molecule has 2 aromatic heterocycles. The van der Waals surface area contributed by atoms with Crippen molar-refractivity contribution in [3.63, 3.8) is 0 Å². The lowest BCUT2D eigenvalue weighted by Crippen LogP contribution is -2.03. The average molecular weight is 845 g/mol. The summed E-state index contributed by atoms with van der Waals surface area (Å²) in [5.74, 6) is -0.0451. The van der Waals surface area contributed by atoms with Crippen molar-refractivity contribution >= 4 is 65.2 Å². The predicted molar refractivity (Wildman–Crippen MR) is 273 cm³/mol. The van der Waals surface area contributed by atoms with E-state index in [4.69, 9.17) is 19.4 Å². The van der Waals surface area contributed by atoms with Gasteiger partial charge in [0.2, 0.25) is 0 Å². The Bertz CT molecular complexity index is 3610. The number of hydrogen-bond acceptors (Lipinski definition) is 4. The highest BCUT2D eigenvalue weighted by Gasteiger charge is 2.23. The molecule has 0 radical (unpaired) electrons. The van der Waals surface area contributed by atoms with E-state index in [1.54, 1.807) is 25.0 Å². The minimum atomic E-state index is -0.0225. The van der Waals surface area contributed by atoms with Crippen molar-refractivity contribution in [2.75, 3.05) is 0 Å². The van der Waals surface area contributed by atoms with Crippen molar-refractivity contribution < 1.29 is 9.47 Å². The SMILES string of the molecule is C1=CC(c2c3ccc(-c4cccc5cc(-c6ccccc6)ccc45)cc3nc3c2ccc2c(C4C=COC=C4)c4ccc(-c5cccc6cc(-c7ccccc7)ccc56)cc4nc23)C=CO1. The quantitative estimate of drug-likeness (QED) is 0.124. The molecule has 9 aromatic carbocycles. The molecule has 310 valence electrons. The Morgan fingerprint density at radius 2 is 0.697 bits per heavy atom. The number of fused-ring (bicyclic) bond motifs is 7. The smallest absolute Gasteiger partial charge is 0.0975 e. The molecular weight excluding hydrogens is 805 g/mol. The predicted octanol–water partition coefficient (Wildman–Crippen LogP) is 16.3. The Hall–Kier alpha value is -8.60. The highest BCUT2D eigenvalue weighted by molar-refractivity contribution is 6.14. The molecule has 2 aliphatic rings. The number of nitrogens with zero attached hydrogens (tertiary/aromatic N) is 2. The van der Waals surface area contributed by atoms with Gasteiger partial charge >= 0.3 is 0 Å². The first-order chi connectivity index (χ1) is 32.7. The normalized spacial score (nSPS) is 13.9. The molecule has 4 nitrogen and oxygen atoms in total. The summed E-state index contributed by atoms with van der Waals surface area (Å²) in [6.45, 7) is 0. The monoisotopic (exact) mass is 844 g/mol. The minimum Gasteiger partial charge on any atom is -0.473 e. The molecule has 66 heavy (non-hydrogen) atoms. The summed E-state index contributed by atoms with van der Waals surface area (Å²) >= 11 is 0. The van der Waals surface area contributed by atoms with E-state index in [1.807, 2.05) is 0 Å². The molecule has 2 aliphatic heterocycles. The number of pyridine rings is 2. The average Bonchev–Trinajstić information content (AvgIpc) is 3.39. The third-order valence-electron chi connectivity index (χ3n) is 13.5. The third-order valence-corrected chi connectivity index (χ3v) is 13.5. The van der Waals surface area contributed by atoms with Gasteiger partial charge in [-0.05, 0) is 126 Å². The highest BCUT2D eigenvalue weighted by Crippen LogP contribution is 2.44. The van der Waals surface area contributed by atoms with Gasteiger partial charge in [-0.3, -0.25) is 0 Å². The van der Waals surface area contributed by atoms with Crippen molar-refractivity contribution in [2.45, 2.75) is 11.8 Å². The molecule has 4 heteroatoms. The maximum atomic E-state index is 5.63. The zero-order valence-electron chi connectivity index (χ0n) is 35.8. The largest absolute Gasteiger partial charge is 0.473 e. The second-order valence-corrected chi connectivity index (χ2v) is 17.2. The number of hydrogen-bond donors (Lipinski definition) is 0. The van der Waals surface area contributed by atoms with Crippen molar-refractivity contribution in [1.29, 1.82) is 0 Å². The first-order valence-electron chi connectivity index (χ1n) is 22.5. The number of aromatic nitrogens is 2. The minimum absolute atomic E-state index is 0.0225. The molecule has 0 saturated heterocycles. The number of ether oxygens (including phenoxy) is 2. The summed E-state index contributed by atoms with van der Waals surface area (Å²) < 4.78 is 11.2. The maximum Gasteiger partial charge on any atom is 0.0975 e. The van der Waals surface area contributed by atoms with E-state index in [0.29, 0.717) is 0 Å². The molecule has 0 aliphatic carbocycles. The van der Waals surface area contributed by atoms with Crippen LogP contribution >= 0.6 is 0 Å². The van der Waals surface area contributed by atoms with Crippen molar-refractivity contribution in [2.24, 2.45) is 0 Å². The summed E-state index contributed by atoms with van der Waals surface area (Å²) in [4.78, 5) is 11.3. The van der Waals surface area contributed by atoms with Gasteiger partial charge in [0.15, 0.2) is 0 Å². The van der Waals surface area contributed by atoms with Crippen LogP contribution in [0.15, 0.2) is 231 Å². The van der Waals surface area contributed by atoms with Gasteiger partial charge in [0.25, 0.3) is 0 Å². The molecule has 0 saturated carbocycles. The molecule has 0 spiro atoms. The van der Waals surface area contributed by atoms with Crippen molar-refractivity contribution in [1.82, 2.24) is 9.97 Å². The van der Waals surface area contributed by atoms with Crippen LogP contribution in [0.3, 0.4) is 0 Å². The summed E-state index contributed by atoms with van der Waals surface area (Å²) in [5.41, 5.74) is 15.3. The first kappa shape index (κ1) is 37.9. The van der Waals surface area contributed by atoms with E-state index < -0.39 is 0 Å². The molecule has 0 unspecified atom stereocenters. The zero-order chi connectivity index (χ0) is 43.6. The van der Waals surface area contributed by atoms with Crippen LogP contribution in [0, 0.1) is 0 Å². The van der Waals surface area contributed by atoms with E-state index in [2.05, 4.69) is 206 Å². The van der Waals surface area contributed by atoms with E-state index in [9.17, 15) is 0 Å². The van der Waals surface area contributed by atoms with Crippen LogP contribution in [-0.2, 0) is 9.47 Å². The standard InChI is InChI=1S/C62H40N2O2/c1-3-9-39(10-4-1)43-17-21-51-45(35-43)13-7-15-49(51)47-19-23-53-57(37-47)63-61-55(59(53)41-27-31-65-32-28-41)25-26-56-60(42-29-33-66-34-30-42)54-24-20-48(38-58(54)64-62(56)61)50-16-8-14-46-36-44(18-22-52(46)50)40-11-5-2-6-12-40/h1-38,41-42H. The summed E-state index contributed by atoms with van der Waals surface area (Å²) in [6.07, 6.45) is 15.6. The molecule has 0 fully saturated rings. The fourth-order valence-corrected chi connectivity index (χ4v) is 10.3. The van der Waals surface area contributed by atoms with Gasteiger partial charge in [-0.2, -0.15) is 0 Å². The Balaban J connectivity index is 1.03. The first-order valence-corrected chi connectivity index (χ1v) is 22.5. The van der Waals surface area contributed by atoms with E-state index in [-0.39, 0.29) is 11.8 Å². The fourth-order valence-electron chi connectivity index (χ4n) is 10.3. The second kappa shape index (κ2) is 15.6. The maximum absolute atomic E-state index is 5.63. The Kier molecular flexibility index (Phi) is 8.95. The molecular formula is C62H40N2O2. The number of allylic oxidation sites excluding steroid dienone is 4. The fraction of sp³-hybridized carbons (Fsp3) is 0.0323. The van der Waals surface area contributed by atoms with Gasteiger partial charge in [-0.1, -0.05) is 158 Å². The molecule has 13 rings (SSSR count). The van der Waals surface area contributed by atoms with Gasteiger partial charge in [0, 0.05) is 33.4 Å². The van der Waals surface area contributed by atoms with Crippen molar-refractivity contribution in [3.8, 4) is 44.5 Å². The van der Waals surface area contributed by atoms with Crippen LogP contribution in [-0.4, -0.2) is 9.97 Å². The third kappa shape index (κ3) is 6.37. The molecule has 0 N–H and O–H groups in total. The van der Waals surface area contributed by atoms with Crippen LogP contribution in [0.2, 0.25) is 0 Å². The Labute approximate surface area is 381 Å². The van der Waals surface area contributed by atoms with Gasteiger partial charge in [-0.15, -0.1) is 0 Å². The molecule has 11 aromatic rings. The van der Waals surface area contributed by atoms with Gasteiger partial charge < -0.3 is 9.47 Å². The molecule has 4 heterocycles. The molecule has 0 bridgehead atoms. The lowest BCUT2D eigenvalue weighted by molar-refractivity contribution is 0.390. The topological polar surface area (TPSA) is 44.2 Å². The Morgan fingerprint density at radius 3 is 1.14 bits per heavy atom. The van der Waals surface area contributed by atoms with Crippen LogP contribution in [0.5, 0.6) is 0 Å². The van der Waals surface area contributed by atoms with Gasteiger partial charge in [0.1, 0.15) is 0 Å². The summed E-state index contributed by atoms with van der Waals surface area (Å²) in [6, 6.07) is 65.9. The van der Waals surface area contributed by atoms with Crippen LogP contribution in [0.1, 0.15) is 23.0 Å². The van der Waals surface area contributed by atoms with E-state index >= 15 is 0 Å².